The van der Waals surface area contributed by atoms with Crippen molar-refractivity contribution >= 4 is 11.8 Å². The van der Waals surface area contributed by atoms with Crippen molar-refractivity contribution < 1.29 is 9.59 Å². The molecule has 1 aliphatic rings. The molecule has 1 aliphatic heterocycles. The Morgan fingerprint density at radius 3 is 0.608 bits per heavy atom. The van der Waals surface area contributed by atoms with Gasteiger partial charge in [-0.05, 0) is 64.8 Å². The molecule has 7 nitrogen and oxygen atoms in total. The average molecular weight is 1040 g/mol. The van der Waals surface area contributed by atoms with Crippen LogP contribution in [-0.4, -0.2) is 121 Å². The Labute approximate surface area is 465 Å². The molecule has 0 radical (unpaired) electrons. The van der Waals surface area contributed by atoms with Gasteiger partial charge in [0.15, 0.2) is 0 Å². The molecule has 0 atom stereocenters. The molecule has 1 fully saturated rings. The SMILES string of the molecule is CCCCCCCCCCCCN(CCCCCCCCCCCC)CCN(CCCCCCCCC)CC(=O)N1CCN(C(=O)CN(CCCCCCCCCCCC)CCCCCCCCCCCC)CC1. The Kier molecular flexibility index (Phi) is 54.1. The van der Waals surface area contributed by atoms with Gasteiger partial charge in [0, 0.05) is 39.3 Å². The van der Waals surface area contributed by atoms with E-state index < -0.39 is 0 Å². The molecule has 0 aromatic carbocycles. The lowest BCUT2D eigenvalue weighted by Crippen LogP contribution is -2.54. The summed E-state index contributed by atoms with van der Waals surface area (Å²) in [5.74, 6) is 0.557. The number of amides is 2. The van der Waals surface area contributed by atoms with E-state index in [0.29, 0.717) is 39.3 Å². The Bertz CT molecular complexity index is 1100. The van der Waals surface area contributed by atoms with Crippen LogP contribution in [0.5, 0.6) is 0 Å². The van der Waals surface area contributed by atoms with E-state index in [1.54, 1.807) is 0 Å². The number of unbranched alkanes of at least 4 members (excludes halogenated alkanes) is 42. The minimum atomic E-state index is 0.277. The molecule has 0 bridgehead atoms. The summed E-state index contributed by atoms with van der Waals surface area (Å²) in [6.45, 7) is 22.9. The highest BCUT2D eigenvalue weighted by Gasteiger charge is 2.26. The van der Waals surface area contributed by atoms with Crippen LogP contribution in [0.15, 0.2) is 0 Å². The first kappa shape index (κ1) is 70.8. The fraction of sp³-hybridized carbons (Fsp3) is 0.970. The second-order valence-corrected chi connectivity index (χ2v) is 24.0. The summed E-state index contributed by atoms with van der Waals surface area (Å²) in [6.07, 6.45) is 63.8. The highest BCUT2D eigenvalue weighted by atomic mass is 16.2. The average Bonchev–Trinajstić information content (AvgIpc) is 3.41. The van der Waals surface area contributed by atoms with Crippen molar-refractivity contribution in [1.29, 1.82) is 0 Å². The maximum absolute atomic E-state index is 14.2. The van der Waals surface area contributed by atoms with Crippen molar-refractivity contribution in [3.63, 3.8) is 0 Å². The van der Waals surface area contributed by atoms with Crippen LogP contribution >= 0.6 is 0 Å². The van der Waals surface area contributed by atoms with Crippen LogP contribution in [0.4, 0.5) is 0 Å². The maximum atomic E-state index is 14.2. The van der Waals surface area contributed by atoms with E-state index in [2.05, 4.69) is 59.1 Å². The molecule has 0 saturated carbocycles. The Balaban J connectivity index is 2.80. The van der Waals surface area contributed by atoms with Gasteiger partial charge in [-0.15, -0.1) is 0 Å². The molecule has 1 heterocycles. The van der Waals surface area contributed by atoms with Crippen LogP contribution in [0.2, 0.25) is 0 Å². The molecule has 1 rings (SSSR count). The van der Waals surface area contributed by atoms with Gasteiger partial charge in [0.2, 0.25) is 11.8 Å². The zero-order valence-electron chi connectivity index (χ0n) is 51.5. The zero-order valence-corrected chi connectivity index (χ0v) is 51.5. The first-order valence-corrected chi connectivity index (χ1v) is 34.2. The monoisotopic (exact) mass is 1040 g/mol. The molecule has 1 saturated heterocycles. The maximum Gasteiger partial charge on any atom is 0.236 e. The summed E-state index contributed by atoms with van der Waals surface area (Å²) in [6, 6.07) is 0. The Morgan fingerprint density at radius 1 is 0.230 bits per heavy atom. The fourth-order valence-electron chi connectivity index (χ4n) is 11.5. The van der Waals surface area contributed by atoms with Crippen molar-refractivity contribution in [2.45, 2.75) is 336 Å². The Morgan fingerprint density at radius 2 is 0.392 bits per heavy atom. The number of piperazine rings is 1. The van der Waals surface area contributed by atoms with Crippen molar-refractivity contribution in [2.24, 2.45) is 0 Å². The number of hydrogen-bond donors (Lipinski definition) is 0. The highest BCUT2D eigenvalue weighted by molar-refractivity contribution is 5.80. The number of carbonyl (C=O) groups is 2. The van der Waals surface area contributed by atoms with Gasteiger partial charge in [-0.25, -0.2) is 0 Å². The van der Waals surface area contributed by atoms with Crippen LogP contribution in [0.25, 0.3) is 0 Å². The Hall–Kier alpha value is -1.18. The van der Waals surface area contributed by atoms with Crippen LogP contribution in [0.1, 0.15) is 336 Å². The van der Waals surface area contributed by atoms with E-state index in [1.807, 2.05) is 0 Å². The molecule has 0 N–H and O–H groups in total. The van der Waals surface area contributed by atoms with Crippen molar-refractivity contribution in [2.75, 3.05) is 85.1 Å². The molecule has 2 amide bonds. The molecule has 440 valence electrons. The standard InChI is InChI=1S/C67H135N5O2/c1-6-11-16-21-26-30-34-39-43-48-53-68(54-49-44-40-35-31-27-22-17-12-7-2)58-59-70(57-52-45-38-25-20-15-10-5)65-67(74)72-62-60-71(61-63-72)66(73)64-69(55-50-46-41-36-32-28-23-18-13-8-3)56-51-47-42-37-33-29-24-19-14-9-4/h6-65H2,1-5H3. The van der Waals surface area contributed by atoms with Gasteiger partial charge < -0.3 is 14.7 Å². The molecule has 74 heavy (non-hydrogen) atoms. The van der Waals surface area contributed by atoms with E-state index >= 15 is 0 Å². The summed E-state index contributed by atoms with van der Waals surface area (Å²) in [4.78, 5) is 40.1. The summed E-state index contributed by atoms with van der Waals surface area (Å²) in [7, 11) is 0. The van der Waals surface area contributed by atoms with E-state index in [1.165, 1.54) is 315 Å². The van der Waals surface area contributed by atoms with Gasteiger partial charge in [-0.2, -0.15) is 0 Å². The molecule has 0 aromatic heterocycles. The summed E-state index contributed by atoms with van der Waals surface area (Å²) >= 11 is 0. The van der Waals surface area contributed by atoms with Gasteiger partial charge >= 0.3 is 0 Å². The smallest absolute Gasteiger partial charge is 0.236 e. The minimum absolute atomic E-state index is 0.277. The quantitative estimate of drug-likeness (QED) is 0.0568. The summed E-state index contributed by atoms with van der Waals surface area (Å²) < 4.78 is 0. The first-order valence-electron chi connectivity index (χ1n) is 34.2. The second-order valence-electron chi connectivity index (χ2n) is 24.0. The van der Waals surface area contributed by atoms with E-state index in [0.717, 1.165) is 32.7 Å². The van der Waals surface area contributed by atoms with Gasteiger partial charge in [-0.3, -0.25) is 19.4 Å². The molecule has 0 spiro atoms. The third-order valence-corrected chi connectivity index (χ3v) is 16.8. The third-order valence-electron chi connectivity index (χ3n) is 16.8. The molecular weight excluding hydrogens is 907 g/mol. The van der Waals surface area contributed by atoms with Gasteiger partial charge in [0.1, 0.15) is 0 Å². The number of hydrogen-bond acceptors (Lipinski definition) is 5. The molecule has 0 aromatic rings. The summed E-state index contributed by atoms with van der Waals surface area (Å²) in [5.41, 5.74) is 0. The zero-order chi connectivity index (χ0) is 53.5. The van der Waals surface area contributed by atoms with Crippen molar-refractivity contribution in [3.05, 3.63) is 0 Å². The van der Waals surface area contributed by atoms with Gasteiger partial charge in [-0.1, -0.05) is 304 Å². The lowest BCUT2D eigenvalue weighted by molar-refractivity contribution is -0.140. The second kappa shape index (κ2) is 56.5. The van der Waals surface area contributed by atoms with E-state index in [9.17, 15) is 9.59 Å². The van der Waals surface area contributed by atoms with Crippen LogP contribution < -0.4 is 0 Å². The van der Waals surface area contributed by atoms with E-state index in [4.69, 9.17) is 0 Å². The lowest BCUT2D eigenvalue weighted by Gasteiger charge is -2.37. The van der Waals surface area contributed by atoms with Crippen molar-refractivity contribution in [1.82, 2.24) is 24.5 Å². The molecule has 7 heteroatoms. The minimum Gasteiger partial charge on any atom is -0.338 e. The van der Waals surface area contributed by atoms with Crippen LogP contribution in [-0.2, 0) is 9.59 Å². The van der Waals surface area contributed by atoms with Crippen LogP contribution in [0.3, 0.4) is 0 Å². The topological polar surface area (TPSA) is 50.3 Å². The highest BCUT2D eigenvalue weighted by Crippen LogP contribution is 2.17. The van der Waals surface area contributed by atoms with Gasteiger partial charge in [0.05, 0.1) is 13.1 Å². The summed E-state index contributed by atoms with van der Waals surface area (Å²) in [5, 5.41) is 0. The fourth-order valence-corrected chi connectivity index (χ4v) is 11.5. The van der Waals surface area contributed by atoms with Crippen molar-refractivity contribution in [3.8, 4) is 0 Å². The predicted octanol–water partition coefficient (Wildman–Crippen LogP) is 19.0. The lowest BCUT2D eigenvalue weighted by atomic mass is 10.1. The molecule has 0 unspecified atom stereocenters. The number of rotatable bonds is 59. The third kappa shape index (κ3) is 45.8. The van der Waals surface area contributed by atoms with Gasteiger partial charge in [0.25, 0.3) is 0 Å². The van der Waals surface area contributed by atoms with E-state index in [-0.39, 0.29) is 11.8 Å². The first-order chi connectivity index (χ1) is 36.5. The number of nitrogens with zero attached hydrogens (tertiary/aromatic N) is 5. The molecule has 0 aliphatic carbocycles. The largest absolute Gasteiger partial charge is 0.338 e. The predicted molar refractivity (Wildman–Crippen MR) is 328 cm³/mol. The van der Waals surface area contributed by atoms with Crippen LogP contribution in [0, 0.1) is 0 Å². The molecular formula is C67H135N5O2. The normalized spacial score (nSPS) is 13.2. The number of carbonyl (C=O) groups excluding carboxylic acids is 2.